The lowest BCUT2D eigenvalue weighted by Crippen LogP contribution is -2.19. The molecule has 2 heterocycles. The zero-order chi connectivity index (χ0) is 11.0. The summed E-state index contributed by atoms with van der Waals surface area (Å²) in [6.45, 7) is 5.77. The fraction of sp³-hybridized carbons (Fsp3) is 0.700. The van der Waals surface area contributed by atoms with Crippen LogP contribution >= 0.6 is 15.9 Å². The Hall–Kier alpha value is -0.550. The highest BCUT2D eigenvalue weighted by molar-refractivity contribution is 9.10. The van der Waals surface area contributed by atoms with Crippen LogP contribution in [0.3, 0.4) is 0 Å². The van der Waals surface area contributed by atoms with Gasteiger partial charge in [0.1, 0.15) is 5.82 Å². The third kappa shape index (κ3) is 1.90. The highest BCUT2D eigenvalue weighted by atomic mass is 79.9. The molecule has 1 aromatic rings. The van der Waals surface area contributed by atoms with Crippen molar-refractivity contribution in [3.63, 3.8) is 0 Å². The van der Waals surface area contributed by atoms with Gasteiger partial charge in [-0.25, -0.2) is 4.68 Å². The maximum atomic E-state index is 5.98. The molecule has 0 aromatic carbocycles. The van der Waals surface area contributed by atoms with Gasteiger partial charge in [0.25, 0.3) is 0 Å². The monoisotopic (exact) mass is 273 g/mol. The van der Waals surface area contributed by atoms with Crippen molar-refractivity contribution >= 4 is 21.7 Å². The van der Waals surface area contributed by atoms with E-state index in [1.54, 1.807) is 0 Å². The van der Waals surface area contributed by atoms with Crippen LogP contribution in [0, 0.1) is 12.8 Å². The van der Waals surface area contributed by atoms with E-state index < -0.39 is 0 Å². The molecule has 15 heavy (non-hydrogen) atoms. The van der Waals surface area contributed by atoms with Gasteiger partial charge in [0.2, 0.25) is 0 Å². The predicted octanol–water partition coefficient (Wildman–Crippen LogP) is 2.13. The van der Waals surface area contributed by atoms with Crippen molar-refractivity contribution in [1.29, 1.82) is 0 Å². The Morgan fingerprint density at radius 3 is 2.87 bits per heavy atom. The molecule has 1 aliphatic heterocycles. The maximum Gasteiger partial charge on any atom is 0.136 e. The summed E-state index contributed by atoms with van der Waals surface area (Å²) in [6.07, 6.45) is 1.09. The molecule has 1 saturated heterocycles. The summed E-state index contributed by atoms with van der Waals surface area (Å²) in [6, 6.07) is 0.303. The first-order valence-electron chi connectivity index (χ1n) is 5.19. The minimum Gasteiger partial charge on any atom is -0.383 e. The fourth-order valence-corrected chi connectivity index (χ4v) is 2.25. The SMILES string of the molecule is Cc1nn(C(C)C2CCOC2)c(N)c1Br. The number of nitrogen functional groups attached to an aromatic ring is 1. The number of hydrogen-bond acceptors (Lipinski definition) is 3. The zero-order valence-electron chi connectivity index (χ0n) is 9.03. The summed E-state index contributed by atoms with van der Waals surface area (Å²) in [4.78, 5) is 0. The van der Waals surface area contributed by atoms with E-state index >= 15 is 0 Å². The van der Waals surface area contributed by atoms with Gasteiger partial charge in [-0.2, -0.15) is 5.10 Å². The fourth-order valence-electron chi connectivity index (χ4n) is 1.99. The number of aromatic nitrogens is 2. The molecule has 1 fully saturated rings. The minimum absolute atomic E-state index is 0.303. The molecular formula is C10H16BrN3O. The van der Waals surface area contributed by atoms with E-state index in [0.29, 0.717) is 17.8 Å². The van der Waals surface area contributed by atoms with Crippen LogP contribution in [0.25, 0.3) is 0 Å². The van der Waals surface area contributed by atoms with Crippen LogP contribution in [-0.2, 0) is 4.74 Å². The third-order valence-electron chi connectivity index (χ3n) is 3.08. The van der Waals surface area contributed by atoms with Gasteiger partial charge in [-0.15, -0.1) is 0 Å². The van der Waals surface area contributed by atoms with Crippen LogP contribution in [0.15, 0.2) is 4.47 Å². The summed E-state index contributed by atoms with van der Waals surface area (Å²) >= 11 is 3.44. The quantitative estimate of drug-likeness (QED) is 0.898. The second-order valence-corrected chi connectivity index (χ2v) is 4.89. The first-order chi connectivity index (χ1) is 7.11. The molecule has 2 rings (SSSR count). The number of halogens is 1. The van der Waals surface area contributed by atoms with Crippen molar-refractivity contribution in [3.8, 4) is 0 Å². The van der Waals surface area contributed by atoms with Gasteiger partial charge in [-0.1, -0.05) is 0 Å². The van der Waals surface area contributed by atoms with Gasteiger partial charge in [-0.05, 0) is 36.2 Å². The number of nitrogens with two attached hydrogens (primary N) is 1. The molecule has 1 aromatic heterocycles. The molecule has 0 radical (unpaired) electrons. The van der Waals surface area contributed by atoms with E-state index in [1.165, 1.54) is 0 Å². The van der Waals surface area contributed by atoms with E-state index in [0.717, 1.165) is 29.8 Å². The van der Waals surface area contributed by atoms with E-state index in [1.807, 2.05) is 11.6 Å². The highest BCUT2D eigenvalue weighted by Gasteiger charge is 2.26. The average Bonchev–Trinajstić information content (AvgIpc) is 2.82. The van der Waals surface area contributed by atoms with Gasteiger partial charge >= 0.3 is 0 Å². The molecular weight excluding hydrogens is 258 g/mol. The maximum absolute atomic E-state index is 5.98. The van der Waals surface area contributed by atoms with E-state index in [4.69, 9.17) is 10.5 Å². The van der Waals surface area contributed by atoms with Gasteiger partial charge in [-0.3, -0.25) is 0 Å². The molecule has 2 unspecified atom stereocenters. The summed E-state index contributed by atoms with van der Waals surface area (Å²) in [5.74, 6) is 1.24. The van der Waals surface area contributed by atoms with Gasteiger partial charge in [0.05, 0.1) is 22.8 Å². The molecule has 4 nitrogen and oxygen atoms in total. The molecule has 0 saturated carbocycles. The lowest BCUT2D eigenvalue weighted by Gasteiger charge is -2.19. The molecule has 0 amide bonds. The lowest BCUT2D eigenvalue weighted by atomic mass is 10.0. The summed E-state index contributed by atoms with van der Waals surface area (Å²) in [7, 11) is 0. The topological polar surface area (TPSA) is 53.1 Å². The Labute approximate surface area is 97.9 Å². The Balaban J connectivity index is 2.24. The molecule has 0 spiro atoms. The van der Waals surface area contributed by atoms with Gasteiger partial charge < -0.3 is 10.5 Å². The number of rotatable bonds is 2. The van der Waals surface area contributed by atoms with Gasteiger partial charge in [0, 0.05) is 12.5 Å². The standard InChI is InChI=1S/C10H16BrN3O/c1-6-9(11)10(12)14(13-6)7(2)8-3-4-15-5-8/h7-8H,3-5,12H2,1-2H3. The first kappa shape index (κ1) is 11.0. The Bertz CT molecular complexity index is 358. The highest BCUT2D eigenvalue weighted by Crippen LogP contribution is 2.31. The molecule has 84 valence electrons. The molecule has 5 heteroatoms. The number of hydrogen-bond donors (Lipinski definition) is 1. The molecule has 0 aliphatic carbocycles. The molecule has 2 atom stereocenters. The normalized spacial score (nSPS) is 23.3. The summed E-state index contributed by atoms with van der Waals surface area (Å²) < 4.78 is 8.19. The van der Waals surface area contributed by atoms with Crippen LogP contribution in [0.4, 0.5) is 5.82 Å². The number of nitrogens with zero attached hydrogens (tertiary/aromatic N) is 2. The van der Waals surface area contributed by atoms with Crippen molar-refractivity contribution < 1.29 is 4.74 Å². The number of aryl methyl sites for hydroxylation is 1. The minimum atomic E-state index is 0.303. The van der Waals surface area contributed by atoms with Crippen LogP contribution in [0.1, 0.15) is 25.1 Å². The Morgan fingerprint density at radius 2 is 2.40 bits per heavy atom. The Kier molecular flexibility index (Phi) is 3.02. The first-order valence-corrected chi connectivity index (χ1v) is 5.98. The van der Waals surface area contributed by atoms with Crippen molar-refractivity contribution in [3.05, 3.63) is 10.2 Å². The largest absolute Gasteiger partial charge is 0.383 e. The lowest BCUT2D eigenvalue weighted by molar-refractivity contribution is 0.173. The van der Waals surface area contributed by atoms with Crippen molar-refractivity contribution in [2.75, 3.05) is 18.9 Å². The number of anilines is 1. The second kappa shape index (κ2) is 4.14. The summed E-state index contributed by atoms with van der Waals surface area (Å²) in [5.41, 5.74) is 6.93. The smallest absolute Gasteiger partial charge is 0.136 e. The van der Waals surface area contributed by atoms with Crippen molar-refractivity contribution in [1.82, 2.24) is 9.78 Å². The molecule has 0 bridgehead atoms. The predicted molar refractivity (Wildman–Crippen MR) is 62.7 cm³/mol. The van der Waals surface area contributed by atoms with E-state index in [-0.39, 0.29) is 0 Å². The third-order valence-corrected chi connectivity index (χ3v) is 4.06. The molecule has 2 N–H and O–H groups in total. The van der Waals surface area contributed by atoms with E-state index in [9.17, 15) is 0 Å². The summed E-state index contributed by atoms with van der Waals surface area (Å²) in [5, 5.41) is 4.44. The van der Waals surface area contributed by atoms with Crippen LogP contribution in [0.5, 0.6) is 0 Å². The Morgan fingerprint density at radius 1 is 1.67 bits per heavy atom. The number of ether oxygens (including phenoxy) is 1. The van der Waals surface area contributed by atoms with Crippen molar-refractivity contribution in [2.24, 2.45) is 5.92 Å². The van der Waals surface area contributed by atoms with Crippen LogP contribution < -0.4 is 5.73 Å². The zero-order valence-corrected chi connectivity index (χ0v) is 10.6. The second-order valence-electron chi connectivity index (χ2n) is 4.09. The van der Waals surface area contributed by atoms with Gasteiger partial charge in [0.15, 0.2) is 0 Å². The van der Waals surface area contributed by atoms with E-state index in [2.05, 4.69) is 28.0 Å². The molecule has 1 aliphatic rings. The van der Waals surface area contributed by atoms with Crippen LogP contribution in [0.2, 0.25) is 0 Å². The van der Waals surface area contributed by atoms with Crippen LogP contribution in [-0.4, -0.2) is 23.0 Å². The van der Waals surface area contributed by atoms with Crippen molar-refractivity contribution in [2.45, 2.75) is 26.3 Å². The average molecular weight is 274 g/mol.